The van der Waals surface area contributed by atoms with Gasteiger partial charge in [0.15, 0.2) is 0 Å². The van der Waals surface area contributed by atoms with Crippen molar-refractivity contribution in [1.82, 2.24) is 14.4 Å². The number of nitrogens with zero attached hydrogens (tertiary/aromatic N) is 3. The van der Waals surface area contributed by atoms with Gasteiger partial charge in [-0.1, -0.05) is 78.4 Å². The quantitative estimate of drug-likeness (QED) is 0.286. The van der Waals surface area contributed by atoms with E-state index in [2.05, 4.69) is 29.2 Å². The zero-order valence-corrected chi connectivity index (χ0v) is 21.5. The van der Waals surface area contributed by atoms with Gasteiger partial charge in [-0.25, -0.2) is 4.39 Å². The molecule has 5 rings (SSSR count). The Hall–Kier alpha value is -3.67. The number of halogens is 2. The Labute approximate surface area is 222 Å². The molecule has 0 saturated carbocycles. The van der Waals surface area contributed by atoms with Gasteiger partial charge >= 0.3 is 0 Å². The van der Waals surface area contributed by atoms with Crippen LogP contribution in [0.4, 0.5) is 4.39 Å². The molecule has 6 heteroatoms. The summed E-state index contributed by atoms with van der Waals surface area (Å²) in [5.74, 6) is -0.366. The van der Waals surface area contributed by atoms with Gasteiger partial charge in [-0.3, -0.25) is 9.69 Å². The van der Waals surface area contributed by atoms with Gasteiger partial charge in [0.2, 0.25) is 0 Å². The van der Waals surface area contributed by atoms with Crippen LogP contribution in [0, 0.1) is 12.7 Å². The third-order valence-electron chi connectivity index (χ3n) is 6.84. The summed E-state index contributed by atoms with van der Waals surface area (Å²) in [6.07, 6.45) is 4.30. The van der Waals surface area contributed by atoms with Crippen LogP contribution in [0.1, 0.15) is 21.6 Å². The first kappa shape index (κ1) is 25.0. The second kappa shape index (κ2) is 11.2. The summed E-state index contributed by atoms with van der Waals surface area (Å²) in [4.78, 5) is 17.9. The number of piperazine rings is 1. The summed E-state index contributed by atoms with van der Waals surface area (Å²) >= 11 is 6.11. The van der Waals surface area contributed by atoms with Crippen molar-refractivity contribution >= 4 is 23.6 Å². The maximum atomic E-state index is 14.9. The molecule has 1 saturated heterocycles. The van der Waals surface area contributed by atoms with Crippen LogP contribution in [-0.4, -0.2) is 53.0 Å². The van der Waals surface area contributed by atoms with E-state index in [1.165, 1.54) is 11.6 Å². The van der Waals surface area contributed by atoms with Gasteiger partial charge in [-0.15, -0.1) is 0 Å². The molecule has 4 aromatic rings. The second-order valence-corrected chi connectivity index (χ2v) is 9.66. The van der Waals surface area contributed by atoms with Crippen LogP contribution >= 0.6 is 11.6 Å². The predicted molar refractivity (Wildman–Crippen MR) is 149 cm³/mol. The Morgan fingerprint density at radius 2 is 1.59 bits per heavy atom. The highest BCUT2D eigenvalue weighted by atomic mass is 35.5. The number of para-hydroxylation sites is 1. The van der Waals surface area contributed by atoms with Gasteiger partial charge in [0.25, 0.3) is 5.91 Å². The summed E-state index contributed by atoms with van der Waals surface area (Å²) in [6.45, 7) is 5.64. The van der Waals surface area contributed by atoms with E-state index in [0.29, 0.717) is 35.1 Å². The summed E-state index contributed by atoms with van der Waals surface area (Å²) in [5.41, 5.74) is 4.53. The highest BCUT2D eigenvalue weighted by molar-refractivity contribution is 6.30. The largest absolute Gasteiger partial charge is 0.336 e. The average molecular weight is 514 g/mol. The van der Waals surface area contributed by atoms with E-state index in [0.717, 1.165) is 30.9 Å². The Morgan fingerprint density at radius 1 is 0.919 bits per heavy atom. The Balaban J connectivity index is 1.36. The molecule has 3 aromatic carbocycles. The first-order valence-corrected chi connectivity index (χ1v) is 12.9. The smallest absolute Gasteiger partial charge is 0.255 e. The number of rotatable bonds is 6. The van der Waals surface area contributed by atoms with E-state index >= 15 is 0 Å². The van der Waals surface area contributed by atoms with Crippen LogP contribution in [-0.2, 0) is 0 Å². The lowest BCUT2D eigenvalue weighted by atomic mass is 10.1. The Bertz CT molecular complexity index is 1400. The van der Waals surface area contributed by atoms with Gasteiger partial charge in [-0.2, -0.15) is 0 Å². The minimum atomic E-state index is -0.340. The number of aromatic nitrogens is 1. The van der Waals surface area contributed by atoms with Gasteiger partial charge < -0.3 is 9.47 Å². The van der Waals surface area contributed by atoms with E-state index < -0.39 is 0 Å². The predicted octanol–water partition coefficient (Wildman–Crippen LogP) is 6.72. The number of hydrogen-bond acceptors (Lipinski definition) is 2. The number of carbonyl (C=O) groups is 1. The lowest BCUT2D eigenvalue weighted by Gasteiger charge is -2.34. The van der Waals surface area contributed by atoms with E-state index in [1.54, 1.807) is 30.3 Å². The van der Waals surface area contributed by atoms with E-state index in [1.807, 2.05) is 52.8 Å². The van der Waals surface area contributed by atoms with Crippen molar-refractivity contribution in [2.75, 3.05) is 32.7 Å². The molecule has 0 aliphatic carbocycles. The first-order valence-electron chi connectivity index (χ1n) is 12.5. The second-order valence-electron chi connectivity index (χ2n) is 9.23. The van der Waals surface area contributed by atoms with Crippen molar-refractivity contribution in [3.8, 4) is 16.9 Å². The zero-order chi connectivity index (χ0) is 25.8. The molecule has 0 spiro atoms. The minimum absolute atomic E-state index is 0.0257. The molecule has 0 N–H and O–H groups in total. The molecule has 1 aliphatic heterocycles. The number of amides is 1. The highest BCUT2D eigenvalue weighted by Crippen LogP contribution is 2.32. The van der Waals surface area contributed by atoms with E-state index in [-0.39, 0.29) is 11.7 Å². The van der Waals surface area contributed by atoms with Gasteiger partial charge in [0.05, 0.1) is 16.9 Å². The van der Waals surface area contributed by atoms with Crippen molar-refractivity contribution < 1.29 is 9.18 Å². The van der Waals surface area contributed by atoms with Crippen LogP contribution in [0.3, 0.4) is 0 Å². The summed E-state index contributed by atoms with van der Waals surface area (Å²) < 4.78 is 16.7. The maximum Gasteiger partial charge on any atom is 0.255 e. The average Bonchev–Trinajstić information content (AvgIpc) is 3.26. The monoisotopic (exact) mass is 513 g/mol. The minimum Gasteiger partial charge on any atom is -0.336 e. The molecular formula is C31H29ClFN3O. The van der Waals surface area contributed by atoms with Crippen LogP contribution < -0.4 is 0 Å². The molecule has 0 unspecified atom stereocenters. The van der Waals surface area contributed by atoms with Gasteiger partial charge in [-0.05, 0) is 48.4 Å². The van der Waals surface area contributed by atoms with Crippen molar-refractivity contribution in [3.63, 3.8) is 0 Å². The molecule has 1 amide bonds. The molecule has 0 radical (unpaired) electrons. The van der Waals surface area contributed by atoms with Crippen molar-refractivity contribution in [2.24, 2.45) is 0 Å². The molecule has 2 heterocycles. The standard InChI is InChI=1S/C31H29ClFN3O/c1-23-27(31(37)35-20-18-34(19-21-35)17-7-10-24-8-3-2-4-9-24)22-30(25-13-15-26(32)16-14-25)36(23)29-12-6-5-11-28(29)33/h2-16,22H,17-21H2,1H3/b10-7+. The summed E-state index contributed by atoms with van der Waals surface area (Å²) in [5, 5.41) is 0.622. The fourth-order valence-electron chi connectivity index (χ4n) is 4.81. The molecule has 0 bridgehead atoms. The molecule has 4 nitrogen and oxygen atoms in total. The number of benzene rings is 3. The molecule has 1 aliphatic rings. The van der Waals surface area contributed by atoms with E-state index in [9.17, 15) is 9.18 Å². The third kappa shape index (κ3) is 5.53. The Kier molecular flexibility index (Phi) is 7.54. The molecule has 37 heavy (non-hydrogen) atoms. The van der Waals surface area contributed by atoms with Crippen LogP contribution in [0.25, 0.3) is 23.0 Å². The van der Waals surface area contributed by atoms with Crippen molar-refractivity contribution in [2.45, 2.75) is 6.92 Å². The number of carbonyl (C=O) groups excluding carboxylic acids is 1. The third-order valence-corrected chi connectivity index (χ3v) is 7.10. The first-order chi connectivity index (χ1) is 18.0. The highest BCUT2D eigenvalue weighted by Gasteiger charge is 2.27. The van der Waals surface area contributed by atoms with Crippen molar-refractivity contribution in [3.05, 3.63) is 119 Å². The zero-order valence-electron chi connectivity index (χ0n) is 20.8. The fraction of sp³-hybridized carbons (Fsp3) is 0.194. The molecule has 1 aromatic heterocycles. The molecule has 0 atom stereocenters. The van der Waals surface area contributed by atoms with Crippen molar-refractivity contribution in [1.29, 1.82) is 0 Å². The summed E-state index contributed by atoms with van der Waals surface area (Å²) in [7, 11) is 0. The molecule has 188 valence electrons. The summed E-state index contributed by atoms with van der Waals surface area (Å²) in [6, 6.07) is 26.2. The lowest BCUT2D eigenvalue weighted by Crippen LogP contribution is -2.48. The van der Waals surface area contributed by atoms with Gasteiger partial charge in [0, 0.05) is 43.4 Å². The maximum absolute atomic E-state index is 14.9. The topological polar surface area (TPSA) is 28.5 Å². The van der Waals surface area contributed by atoms with Gasteiger partial charge in [0.1, 0.15) is 5.82 Å². The number of hydrogen-bond donors (Lipinski definition) is 0. The van der Waals surface area contributed by atoms with Crippen LogP contribution in [0.15, 0.2) is 91.0 Å². The Morgan fingerprint density at radius 3 is 2.30 bits per heavy atom. The fourth-order valence-corrected chi connectivity index (χ4v) is 4.93. The van der Waals surface area contributed by atoms with Crippen LogP contribution in [0.2, 0.25) is 5.02 Å². The van der Waals surface area contributed by atoms with Crippen LogP contribution in [0.5, 0.6) is 0 Å². The molecule has 1 fully saturated rings. The lowest BCUT2D eigenvalue weighted by molar-refractivity contribution is 0.0649. The SMILES string of the molecule is Cc1c(C(=O)N2CCN(C/C=C/c3ccccc3)CC2)cc(-c2ccc(Cl)cc2)n1-c1ccccc1F. The van der Waals surface area contributed by atoms with E-state index in [4.69, 9.17) is 11.6 Å². The molecular weight excluding hydrogens is 485 g/mol. The normalized spacial score (nSPS) is 14.4.